The Labute approximate surface area is 171 Å². The lowest BCUT2D eigenvalue weighted by Crippen LogP contribution is -2.40. The Morgan fingerprint density at radius 3 is 2.69 bits per heavy atom. The fourth-order valence-corrected chi connectivity index (χ4v) is 3.56. The smallest absolute Gasteiger partial charge is 0.254 e. The van der Waals surface area contributed by atoms with Crippen molar-refractivity contribution in [2.24, 2.45) is 0 Å². The molecule has 0 saturated carbocycles. The van der Waals surface area contributed by atoms with Crippen molar-refractivity contribution in [1.82, 2.24) is 30.1 Å². The van der Waals surface area contributed by atoms with Gasteiger partial charge in [0.15, 0.2) is 0 Å². The van der Waals surface area contributed by atoms with E-state index in [1.807, 2.05) is 30.3 Å². The predicted molar refractivity (Wildman–Crippen MR) is 108 cm³/mol. The molecule has 1 fully saturated rings. The molecular formula is C20H17ClN6O2. The number of fused-ring (bicyclic) bond motifs is 1. The minimum Gasteiger partial charge on any atom is -0.378 e. The molecule has 0 spiro atoms. The highest BCUT2D eigenvalue weighted by Gasteiger charge is 2.18. The van der Waals surface area contributed by atoms with E-state index in [2.05, 4.69) is 20.5 Å². The largest absolute Gasteiger partial charge is 0.378 e. The lowest BCUT2D eigenvalue weighted by molar-refractivity contribution is 0.0303. The van der Waals surface area contributed by atoms with Gasteiger partial charge in [0.1, 0.15) is 11.4 Å². The molecule has 1 amide bonds. The highest BCUT2D eigenvalue weighted by Crippen LogP contribution is 2.27. The van der Waals surface area contributed by atoms with Crippen LogP contribution in [0.5, 0.6) is 0 Å². The molecule has 4 aromatic rings. The van der Waals surface area contributed by atoms with E-state index in [1.54, 1.807) is 27.9 Å². The second-order valence-electron chi connectivity index (χ2n) is 6.76. The highest BCUT2D eigenvalue weighted by atomic mass is 35.5. The van der Waals surface area contributed by atoms with Crippen LogP contribution in [0.3, 0.4) is 0 Å². The number of carbonyl (C=O) groups is 1. The number of aromatic amines is 1. The van der Waals surface area contributed by atoms with Crippen LogP contribution in [0, 0.1) is 0 Å². The van der Waals surface area contributed by atoms with Crippen LogP contribution in [-0.4, -0.2) is 62.3 Å². The summed E-state index contributed by atoms with van der Waals surface area (Å²) in [7, 11) is 0. The first-order valence-electron chi connectivity index (χ1n) is 9.23. The van der Waals surface area contributed by atoms with Crippen molar-refractivity contribution in [2.75, 3.05) is 26.3 Å². The fourth-order valence-electron chi connectivity index (χ4n) is 3.39. The molecule has 0 radical (unpaired) electrons. The monoisotopic (exact) mass is 408 g/mol. The molecule has 1 aliphatic heterocycles. The van der Waals surface area contributed by atoms with Gasteiger partial charge >= 0.3 is 0 Å². The number of hydrogen-bond acceptors (Lipinski definition) is 5. The zero-order valence-corrected chi connectivity index (χ0v) is 16.1. The topological polar surface area (TPSA) is 88.9 Å². The SMILES string of the molecule is O=C(c1ccc(-n2cc(-c3n[nH]c4ccc(Cl)cc34)nn2)cc1)N1CCOCC1. The van der Waals surface area contributed by atoms with Gasteiger partial charge in [0.2, 0.25) is 0 Å². The minimum atomic E-state index is 0.0130. The van der Waals surface area contributed by atoms with E-state index >= 15 is 0 Å². The zero-order valence-electron chi connectivity index (χ0n) is 15.4. The van der Waals surface area contributed by atoms with Crippen molar-refractivity contribution in [2.45, 2.75) is 0 Å². The van der Waals surface area contributed by atoms with E-state index in [1.165, 1.54) is 0 Å². The summed E-state index contributed by atoms with van der Waals surface area (Å²) in [5.41, 5.74) is 3.65. The second kappa shape index (κ2) is 7.31. The Morgan fingerprint density at radius 1 is 1.10 bits per heavy atom. The normalized spacial score (nSPS) is 14.4. The average Bonchev–Trinajstić information content (AvgIpc) is 3.41. The van der Waals surface area contributed by atoms with Crippen molar-refractivity contribution < 1.29 is 9.53 Å². The molecule has 29 heavy (non-hydrogen) atoms. The minimum absolute atomic E-state index is 0.0130. The maximum atomic E-state index is 12.6. The van der Waals surface area contributed by atoms with Crippen molar-refractivity contribution in [3.63, 3.8) is 0 Å². The van der Waals surface area contributed by atoms with Crippen LogP contribution in [0.2, 0.25) is 5.02 Å². The van der Waals surface area contributed by atoms with Crippen LogP contribution in [-0.2, 0) is 4.74 Å². The Balaban J connectivity index is 1.40. The van der Waals surface area contributed by atoms with E-state index in [9.17, 15) is 4.79 Å². The van der Waals surface area contributed by atoms with Crippen molar-refractivity contribution in [3.8, 4) is 17.1 Å². The van der Waals surface area contributed by atoms with Gasteiger partial charge in [-0.25, -0.2) is 4.68 Å². The van der Waals surface area contributed by atoms with Crippen molar-refractivity contribution in [1.29, 1.82) is 0 Å². The summed E-state index contributed by atoms with van der Waals surface area (Å²) in [4.78, 5) is 14.4. The number of nitrogens with zero attached hydrogens (tertiary/aromatic N) is 5. The first-order chi connectivity index (χ1) is 14.2. The molecule has 0 unspecified atom stereocenters. The van der Waals surface area contributed by atoms with Crippen molar-refractivity contribution in [3.05, 3.63) is 59.2 Å². The van der Waals surface area contributed by atoms with Crippen LogP contribution in [0.4, 0.5) is 0 Å². The maximum absolute atomic E-state index is 12.6. The summed E-state index contributed by atoms with van der Waals surface area (Å²) in [6, 6.07) is 12.8. The van der Waals surface area contributed by atoms with E-state index in [0.717, 1.165) is 16.6 Å². The fraction of sp³-hybridized carbons (Fsp3) is 0.200. The Morgan fingerprint density at radius 2 is 1.90 bits per heavy atom. The van der Waals surface area contributed by atoms with Gasteiger partial charge in [-0.15, -0.1) is 5.10 Å². The Hall–Kier alpha value is -3.23. The van der Waals surface area contributed by atoms with Gasteiger partial charge < -0.3 is 9.64 Å². The van der Waals surface area contributed by atoms with Crippen LogP contribution >= 0.6 is 11.6 Å². The molecular weight excluding hydrogens is 392 g/mol. The van der Waals surface area contributed by atoms with Gasteiger partial charge in [-0.2, -0.15) is 5.10 Å². The molecule has 1 N–H and O–H groups in total. The number of aromatic nitrogens is 5. The van der Waals surface area contributed by atoms with E-state index in [-0.39, 0.29) is 5.91 Å². The summed E-state index contributed by atoms with van der Waals surface area (Å²) in [5, 5.41) is 17.3. The molecule has 3 heterocycles. The third-order valence-electron chi connectivity index (χ3n) is 4.94. The number of nitrogens with one attached hydrogen (secondary N) is 1. The molecule has 0 aliphatic carbocycles. The first-order valence-corrected chi connectivity index (χ1v) is 9.61. The molecule has 8 nitrogen and oxygen atoms in total. The molecule has 2 aromatic heterocycles. The molecule has 9 heteroatoms. The number of benzene rings is 2. The van der Waals surface area contributed by atoms with E-state index in [4.69, 9.17) is 16.3 Å². The molecule has 0 atom stereocenters. The number of carbonyl (C=O) groups excluding carboxylic acids is 1. The summed E-state index contributed by atoms with van der Waals surface area (Å²) >= 11 is 6.11. The number of ether oxygens (including phenoxy) is 1. The summed E-state index contributed by atoms with van der Waals surface area (Å²) < 4.78 is 6.96. The van der Waals surface area contributed by atoms with Crippen LogP contribution in [0.1, 0.15) is 10.4 Å². The first kappa shape index (κ1) is 17.8. The molecule has 1 saturated heterocycles. The van der Waals surface area contributed by atoms with Gasteiger partial charge in [0.25, 0.3) is 5.91 Å². The highest BCUT2D eigenvalue weighted by molar-refractivity contribution is 6.31. The summed E-state index contributed by atoms with van der Waals surface area (Å²) in [6.45, 7) is 2.40. The zero-order chi connectivity index (χ0) is 19.8. The predicted octanol–water partition coefficient (Wildman–Crippen LogP) is 2.94. The molecule has 146 valence electrons. The van der Waals surface area contributed by atoms with E-state index < -0.39 is 0 Å². The number of amides is 1. The van der Waals surface area contributed by atoms with Gasteiger partial charge in [-0.3, -0.25) is 9.89 Å². The third kappa shape index (κ3) is 3.37. The average molecular weight is 409 g/mol. The Bertz CT molecular complexity index is 1180. The molecule has 1 aliphatic rings. The number of hydrogen-bond donors (Lipinski definition) is 1. The molecule has 2 aromatic carbocycles. The standard InChI is InChI=1S/C20H17ClN6O2/c21-14-3-6-17-16(11-14)19(24-22-17)18-12-27(25-23-18)15-4-1-13(2-5-15)20(28)26-7-9-29-10-8-26/h1-6,11-12H,7-10H2,(H,22,24). The summed E-state index contributed by atoms with van der Waals surface area (Å²) in [5.74, 6) is 0.0130. The number of morpholine rings is 1. The number of rotatable bonds is 3. The second-order valence-corrected chi connectivity index (χ2v) is 7.20. The molecule has 0 bridgehead atoms. The number of H-pyrrole nitrogens is 1. The maximum Gasteiger partial charge on any atom is 0.254 e. The van der Waals surface area contributed by atoms with E-state index in [0.29, 0.717) is 48.3 Å². The molecule has 5 rings (SSSR count). The van der Waals surface area contributed by atoms with Crippen LogP contribution in [0.15, 0.2) is 48.7 Å². The Kier molecular flexibility index (Phi) is 4.49. The van der Waals surface area contributed by atoms with Crippen LogP contribution in [0.25, 0.3) is 28.0 Å². The van der Waals surface area contributed by atoms with Gasteiger partial charge in [-0.1, -0.05) is 16.8 Å². The van der Waals surface area contributed by atoms with Gasteiger partial charge in [0.05, 0.1) is 30.6 Å². The number of halogens is 1. The van der Waals surface area contributed by atoms with Crippen LogP contribution < -0.4 is 0 Å². The summed E-state index contributed by atoms with van der Waals surface area (Å²) in [6.07, 6.45) is 1.80. The van der Waals surface area contributed by atoms with Gasteiger partial charge in [-0.05, 0) is 42.5 Å². The third-order valence-corrected chi connectivity index (χ3v) is 5.17. The van der Waals surface area contributed by atoms with Gasteiger partial charge in [0, 0.05) is 29.1 Å². The lowest BCUT2D eigenvalue weighted by atomic mass is 10.1. The lowest BCUT2D eigenvalue weighted by Gasteiger charge is -2.26. The van der Waals surface area contributed by atoms with Crippen molar-refractivity contribution >= 4 is 28.4 Å². The quantitative estimate of drug-likeness (QED) is 0.563.